The molecule has 1 aliphatic carbocycles. The monoisotopic (exact) mass is 297 g/mol. The van der Waals surface area contributed by atoms with Gasteiger partial charge >= 0.3 is 0 Å². The van der Waals surface area contributed by atoms with Crippen molar-refractivity contribution in [2.24, 2.45) is 0 Å². The molecule has 4 nitrogen and oxygen atoms in total. The summed E-state index contributed by atoms with van der Waals surface area (Å²) in [6.07, 6.45) is 4.16. The van der Waals surface area contributed by atoms with Gasteiger partial charge in [0, 0.05) is 18.3 Å². The Bertz CT molecular complexity index is 521. The molecule has 1 N–H and O–H groups in total. The van der Waals surface area contributed by atoms with Gasteiger partial charge in [0.05, 0.1) is 17.3 Å². The number of anilines is 1. The molecular weight excluding hydrogens is 274 g/mol. The number of benzene rings is 1. The smallest absolute Gasteiger partial charge is 0.178 e. The van der Waals surface area contributed by atoms with Crippen molar-refractivity contribution >= 4 is 15.5 Å². The number of hydrogen-bond donors (Lipinski definition) is 1. The zero-order valence-electron chi connectivity index (χ0n) is 12.0. The Morgan fingerprint density at radius 1 is 1.25 bits per heavy atom. The van der Waals surface area contributed by atoms with Crippen LogP contribution in [0.25, 0.3) is 0 Å². The van der Waals surface area contributed by atoms with Crippen LogP contribution in [-0.2, 0) is 9.84 Å². The van der Waals surface area contributed by atoms with Crippen molar-refractivity contribution < 1.29 is 13.5 Å². The van der Waals surface area contributed by atoms with Crippen LogP contribution in [0.4, 0.5) is 5.69 Å². The van der Waals surface area contributed by atoms with Gasteiger partial charge in [-0.2, -0.15) is 0 Å². The van der Waals surface area contributed by atoms with E-state index in [0.29, 0.717) is 23.9 Å². The first kappa shape index (κ1) is 15.3. The highest BCUT2D eigenvalue weighted by Gasteiger charge is 2.25. The predicted octanol–water partition coefficient (Wildman–Crippen LogP) is 2.22. The van der Waals surface area contributed by atoms with Crippen molar-refractivity contribution in [3.8, 4) is 0 Å². The van der Waals surface area contributed by atoms with E-state index in [-0.39, 0.29) is 12.4 Å². The summed E-state index contributed by atoms with van der Waals surface area (Å²) < 4.78 is 24.0. The van der Waals surface area contributed by atoms with E-state index in [0.717, 1.165) is 18.5 Å². The SMILES string of the molecule is CCCS(=O)(=O)c1ccc(N(CCO)C2CCC2)cc1. The normalized spacial score (nSPS) is 15.9. The Morgan fingerprint density at radius 2 is 1.90 bits per heavy atom. The summed E-state index contributed by atoms with van der Waals surface area (Å²) in [5.41, 5.74) is 0.999. The highest BCUT2D eigenvalue weighted by atomic mass is 32.2. The molecule has 0 heterocycles. The summed E-state index contributed by atoms with van der Waals surface area (Å²) in [6.45, 7) is 2.59. The third-order valence-corrected chi connectivity index (χ3v) is 5.79. The fourth-order valence-corrected chi connectivity index (χ4v) is 3.88. The van der Waals surface area contributed by atoms with Crippen LogP contribution < -0.4 is 4.90 Å². The Labute approximate surface area is 121 Å². The lowest BCUT2D eigenvalue weighted by molar-refractivity contribution is 0.283. The molecule has 0 unspecified atom stereocenters. The fourth-order valence-electron chi connectivity index (χ4n) is 2.56. The van der Waals surface area contributed by atoms with Crippen LogP contribution in [0.3, 0.4) is 0 Å². The maximum atomic E-state index is 12.0. The number of hydrogen-bond acceptors (Lipinski definition) is 4. The fraction of sp³-hybridized carbons (Fsp3) is 0.600. The highest BCUT2D eigenvalue weighted by Crippen LogP contribution is 2.30. The number of aliphatic hydroxyl groups is 1. The number of rotatable bonds is 7. The topological polar surface area (TPSA) is 57.6 Å². The molecule has 0 saturated heterocycles. The van der Waals surface area contributed by atoms with E-state index in [1.54, 1.807) is 12.1 Å². The van der Waals surface area contributed by atoms with E-state index in [1.807, 2.05) is 19.1 Å². The molecule has 0 spiro atoms. The molecule has 112 valence electrons. The van der Waals surface area contributed by atoms with E-state index in [9.17, 15) is 13.5 Å². The van der Waals surface area contributed by atoms with E-state index in [4.69, 9.17) is 0 Å². The molecule has 5 heteroatoms. The zero-order chi connectivity index (χ0) is 14.6. The van der Waals surface area contributed by atoms with Gasteiger partial charge in [0.15, 0.2) is 9.84 Å². The van der Waals surface area contributed by atoms with Crippen molar-refractivity contribution in [3.05, 3.63) is 24.3 Å². The largest absolute Gasteiger partial charge is 0.395 e. The number of aliphatic hydroxyl groups excluding tert-OH is 1. The maximum Gasteiger partial charge on any atom is 0.178 e. The summed E-state index contributed by atoms with van der Waals surface area (Å²) in [7, 11) is -3.14. The highest BCUT2D eigenvalue weighted by molar-refractivity contribution is 7.91. The molecule has 1 fully saturated rings. The van der Waals surface area contributed by atoms with Crippen LogP contribution in [-0.4, -0.2) is 38.5 Å². The average molecular weight is 297 g/mol. The van der Waals surface area contributed by atoms with Crippen LogP contribution >= 0.6 is 0 Å². The molecule has 2 rings (SSSR count). The van der Waals surface area contributed by atoms with Gasteiger partial charge in [0.25, 0.3) is 0 Å². The first-order valence-electron chi connectivity index (χ1n) is 7.29. The second-order valence-electron chi connectivity index (χ2n) is 5.31. The third kappa shape index (κ3) is 3.33. The third-order valence-electron chi connectivity index (χ3n) is 3.86. The van der Waals surface area contributed by atoms with Crippen molar-refractivity contribution in [3.63, 3.8) is 0 Å². The van der Waals surface area contributed by atoms with Crippen LogP contribution in [0, 0.1) is 0 Å². The quantitative estimate of drug-likeness (QED) is 0.838. The van der Waals surface area contributed by atoms with E-state index in [2.05, 4.69) is 4.90 Å². The Balaban J connectivity index is 2.17. The van der Waals surface area contributed by atoms with Crippen LogP contribution in [0.5, 0.6) is 0 Å². The minimum absolute atomic E-state index is 0.117. The molecular formula is C15H23NO3S. The van der Waals surface area contributed by atoms with Crippen molar-refractivity contribution in [2.45, 2.75) is 43.5 Å². The molecule has 1 aromatic rings. The van der Waals surface area contributed by atoms with Crippen molar-refractivity contribution in [1.29, 1.82) is 0 Å². The summed E-state index contributed by atoms with van der Waals surface area (Å²) in [4.78, 5) is 2.57. The van der Waals surface area contributed by atoms with Gasteiger partial charge in [-0.1, -0.05) is 6.92 Å². The number of sulfone groups is 1. The Morgan fingerprint density at radius 3 is 2.35 bits per heavy atom. The van der Waals surface area contributed by atoms with E-state index < -0.39 is 9.84 Å². The molecule has 0 aromatic heterocycles. The van der Waals surface area contributed by atoms with Crippen molar-refractivity contribution in [2.75, 3.05) is 23.8 Å². The van der Waals surface area contributed by atoms with Gasteiger partial charge in [-0.05, 0) is 49.9 Å². The molecule has 1 aromatic carbocycles. The van der Waals surface area contributed by atoms with Crippen molar-refractivity contribution in [1.82, 2.24) is 0 Å². The molecule has 1 aliphatic rings. The lowest BCUT2D eigenvalue weighted by Gasteiger charge is -2.39. The zero-order valence-corrected chi connectivity index (χ0v) is 12.8. The number of nitrogens with zero attached hydrogens (tertiary/aromatic N) is 1. The lowest BCUT2D eigenvalue weighted by atomic mass is 9.91. The summed E-state index contributed by atoms with van der Waals surface area (Å²) in [6, 6.07) is 7.57. The summed E-state index contributed by atoms with van der Waals surface area (Å²) in [5, 5.41) is 9.18. The van der Waals surface area contributed by atoms with Gasteiger partial charge in [-0.25, -0.2) is 8.42 Å². The van der Waals surface area contributed by atoms with Gasteiger partial charge < -0.3 is 10.0 Å². The standard InChI is InChI=1S/C15H23NO3S/c1-2-12-20(18,19)15-8-6-14(7-9-15)16(10-11-17)13-4-3-5-13/h6-9,13,17H,2-5,10-12H2,1H3. The predicted molar refractivity (Wildman–Crippen MR) is 80.9 cm³/mol. The van der Waals surface area contributed by atoms with Crippen LogP contribution in [0.1, 0.15) is 32.6 Å². The summed E-state index contributed by atoms with van der Waals surface area (Å²) >= 11 is 0. The van der Waals surface area contributed by atoms with Crippen LogP contribution in [0.2, 0.25) is 0 Å². The first-order chi connectivity index (χ1) is 9.58. The second-order valence-corrected chi connectivity index (χ2v) is 7.42. The molecule has 0 amide bonds. The maximum absolute atomic E-state index is 12.0. The van der Waals surface area contributed by atoms with E-state index in [1.165, 1.54) is 6.42 Å². The summed E-state index contributed by atoms with van der Waals surface area (Å²) in [5.74, 6) is 0.190. The average Bonchev–Trinajstić information content (AvgIpc) is 2.36. The first-order valence-corrected chi connectivity index (χ1v) is 8.94. The molecule has 0 bridgehead atoms. The van der Waals surface area contributed by atoms with Gasteiger partial charge in [0.1, 0.15) is 0 Å². The van der Waals surface area contributed by atoms with Gasteiger partial charge in [-0.3, -0.25) is 0 Å². The second kappa shape index (κ2) is 6.59. The van der Waals surface area contributed by atoms with Crippen LogP contribution in [0.15, 0.2) is 29.2 Å². The van der Waals surface area contributed by atoms with E-state index >= 15 is 0 Å². The lowest BCUT2D eigenvalue weighted by Crippen LogP contribution is -2.41. The molecule has 1 saturated carbocycles. The van der Waals surface area contributed by atoms with Gasteiger partial charge in [0.2, 0.25) is 0 Å². The Hall–Kier alpha value is -1.07. The molecule has 20 heavy (non-hydrogen) atoms. The Kier molecular flexibility index (Phi) is 5.05. The molecule has 0 aliphatic heterocycles. The minimum atomic E-state index is -3.14. The molecule has 0 atom stereocenters. The minimum Gasteiger partial charge on any atom is -0.395 e. The molecule has 0 radical (unpaired) electrons. The van der Waals surface area contributed by atoms with Gasteiger partial charge in [-0.15, -0.1) is 0 Å².